The Balaban J connectivity index is 2.06. The van der Waals surface area contributed by atoms with E-state index in [-0.39, 0.29) is 10.5 Å². The first-order chi connectivity index (χ1) is 13.4. The highest BCUT2D eigenvalue weighted by Gasteiger charge is 2.19. The number of rotatable bonds is 5. The van der Waals surface area contributed by atoms with Gasteiger partial charge >= 0.3 is 0 Å². The third kappa shape index (κ3) is 5.71. The Morgan fingerprint density at radius 2 is 1.59 bits per heavy atom. The zero-order valence-corrected chi connectivity index (χ0v) is 18.4. The highest BCUT2D eigenvalue weighted by molar-refractivity contribution is 7.90. The van der Waals surface area contributed by atoms with Crippen molar-refractivity contribution in [1.82, 2.24) is 10.9 Å². The van der Waals surface area contributed by atoms with Crippen LogP contribution in [-0.4, -0.2) is 32.6 Å². The summed E-state index contributed by atoms with van der Waals surface area (Å²) in [5, 5.41) is 0.573. The third-order valence-electron chi connectivity index (χ3n) is 4.27. The Morgan fingerprint density at radius 1 is 1.00 bits per heavy atom. The number of hydrogen-bond donors (Lipinski definition) is 2. The average Bonchev–Trinajstić information content (AvgIpc) is 2.61. The molecule has 0 radical (unpaired) electrons. The monoisotopic (exact) mass is 438 g/mol. The van der Waals surface area contributed by atoms with Gasteiger partial charge in [0.05, 0.1) is 4.90 Å². The van der Waals surface area contributed by atoms with Crippen LogP contribution in [0.3, 0.4) is 0 Å². The van der Waals surface area contributed by atoms with Gasteiger partial charge in [-0.05, 0) is 68.7 Å². The number of sulfone groups is 1. The number of halogens is 1. The van der Waals surface area contributed by atoms with Gasteiger partial charge in [0.1, 0.15) is 5.75 Å². The number of aryl methyl sites for hydroxylation is 3. The fourth-order valence-electron chi connectivity index (χ4n) is 2.68. The van der Waals surface area contributed by atoms with E-state index < -0.39 is 27.8 Å². The summed E-state index contributed by atoms with van der Waals surface area (Å²) in [7, 11) is -3.46. The molecule has 0 saturated heterocycles. The van der Waals surface area contributed by atoms with Crippen LogP contribution >= 0.6 is 11.6 Å². The smallest absolute Gasteiger partial charge is 0.279 e. The van der Waals surface area contributed by atoms with Gasteiger partial charge in [-0.25, -0.2) is 8.42 Å². The molecule has 0 heterocycles. The summed E-state index contributed by atoms with van der Waals surface area (Å²) in [5.74, 6) is -0.656. The van der Waals surface area contributed by atoms with Gasteiger partial charge in [-0.3, -0.25) is 20.4 Å². The number of hydrazine groups is 1. The van der Waals surface area contributed by atoms with Gasteiger partial charge in [-0.15, -0.1) is 0 Å². The second kappa shape index (κ2) is 8.84. The van der Waals surface area contributed by atoms with E-state index >= 15 is 0 Å². The van der Waals surface area contributed by atoms with Crippen LogP contribution in [0.4, 0.5) is 0 Å². The Bertz CT molecular complexity index is 1040. The normalized spacial score (nSPS) is 12.2. The van der Waals surface area contributed by atoms with Crippen molar-refractivity contribution in [2.45, 2.75) is 38.7 Å². The molecule has 0 spiro atoms. The molecule has 0 aliphatic rings. The van der Waals surface area contributed by atoms with E-state index in [0.29, 0.717) is 16.3 Å². The summed E-state index contributed by atoms with van der Waals surface area (Å²) < 4.78 is 29.1. The predicted octanol–water partition coefficient (Wildman–Crippen LogP) is 2.90. The number of carbonyl (C=O) groups excluding carboxylic acids is 2. The summed E-state index contributed by atoms with van der Waals surface area (Å²) >= 11 is 6.00. The molecule has 2 rings (SSSR count). The van der Waals surface area contributed by atoms with Crippen molar-refractivity contribution in [3.63, 3.8) is 0 Å². The van der Waals surface area contributed by atoms with Crippen LogP contribution in [-0.2, 0) is 14.6 Å². The maximum atomic E-state index is 12.4. The van der Waals surface area contributed by atoms with Gasteiger partial charge < -0.3 is 4.74 Å². The van der Waals surface area contributed by atoms with Crippen LogP contribution in [0.2, 0.25) is 5.02 Å². The van der Waals surface area contributed by atoms with Crippen molar-refractivity contribution in [2.24, 2.45) is 0 Å². The molecule has 9 heteroatoms. The van der Waals surface area contributed by atoms with Gasteiger partial charge in [-0.2, -0.15) is 0 Å². The zero-order chi connectivity index (χ0) is 21.9. The van der Waals surface area contributed by atoms with E-state index in [1.165, 1.54) is 18.2 Å². The molecular formula is C20H23ClN2O5S. The van der Waals surface area contributed by atoms with Gasteiger partial charge in [-0.1, -0.05) is 17.7 Å². The summed E-state index contributed by atoms with van der Waals surface area (Å²) in [6, 6.07) is 7.69. The fourth-order valence-corrected chi connectivity index (χ4v) is 3.65. The van der Waals surface area contributed by atoms with Crippen molar-refractivity contribution in [3.05, 3.63) is 57.6 Å². The lowest BCUT2D eigenvalue weighted by Crippen LogP contribution is -2.47. The molecule has 2 aromatic rings. The lowest BCUT2D eigenvalue weighted by Gasteiger charge is -2.18. The van der Waals surface area contributed by atoms with Crippen molar-refractivity contribution in [2.75, 3.05) is 6.26 Å². The van der Waals surface area contributed by atoms with Crippen LogP contribution in [0, 0.1) is 20.8 Å². The summed E-state index contributed by atoms with van der Waals surface area (Å²) in [6.07, 6.45) is 0.165. The molecule has 2 aromatic carbocycles. The lowest BCUT2D eigenvalue weighted by molar-refractivity contribution is -0.128. The largest absolute Gasteiger partial charge is 0.480 e. The first kappa shape index (κ1) is 22.7. The van der Waals surface area contributed by atoms with Crippen molar-refractivity contribution >= 4 is 33.3 Å². The average molecular weight is 439 g/mol. The minimum Gasteiger partial charge on any atom is -0.480 e. The minimum absolute atomic E-state index is 0.0185. The molecule has 0 aliphatic heterocycles. The maximum absolute atomic E-state index is 12.4. The van der Waals surface area contributed by atoms with Crippen molar-refractivity contribution < 1.29 is 22.7 Å². The molecule has 0 fully saturated rings. The number of benzene rings is 2. The summed E-state index contributed by atoms with van der Waals surface area (Å²) in [4.78, 5) is 24.7. The van der Waals surface area contributed by atoms with Gasteiger partial charge in [0.25, 0.3) is 11.8 Å². The SMILES string of the molecule is Cc1ccc(S(C)(=O)=O)cc1C(=O)NNC(=O)[C@H](C)Oc1c(C)cc(Cl)cc1C. The molecule has 0 aliphatic carbocycles. The minimum atomic E-state index is -3.46. The maximum Gasteiger partial charge on any atom is 0.279 e. The Labute approximate surface area is 175 Å². The van der Waals surface area contributed by atoms with E-state index in [9.17, 15) is 18.0 Å². The summed E-state index contributed by atoms with van der Waals surface area (Å²) in [6.45, 7) is 6.85. The highest BCUT2D eigenvalue weighted by atomic mass is 35.5. The molecule has 1 atom stereocenters. The second-order valence-electron chi connectivity index (χ2n) is 6.82. The van der Waals surface area contributed by atoms with Gasteiger partial charge in [0.2, 0.25) is 0 Å². The molecule has 0 unspecified atom stereocenters. The third-order valence-corrected chi connectivity index (χ3v) is 5.60. The molecule has 2 N–H and O–H groups in total. The molecule has 0 bridgehead atoms. The van der Waals surface area contributed by atoms with Gasteiger partial charge in [0, 0.05) is 16.8 Å². The molecule has 7 nitrogen and oxygen atoms in total. The number of carbonyl (C=O) groups is 2. The Morgan fingerprint density at radius 3 is 2.14 bits per heavy atom. The van der Waals surface area contributed by atoms with E-state index in [4.69, 9.17) is 16.3 Å². The molecular weight excluding hydrogens is 416 g/mol. The van der Waals surface area contributed by atoms with E-state index in [1.54, 1.807) is 26.0 Å². The van der Waals surface area contributed by atoms with E-state index in [1.807, 2.05) is 13.8 Å². The molecule has 2 amide bonds. The zero-order valence-electron chi connectivity index (χ0n) is 16.8. The molecule has 29 heavy (non-hydrogen) atoms. The molecule has 0 saturated carbocycles. The second-order valence-corrected chi connectivity index (χ2v) is 9.27. The topological polar surface area (TPSA) is 102 Å². The number of ether oxygens (including phenoxy) is 1. The summed E-state index contributed by atoms with van der Waals surface area (Å²) in [5.41, 5.74) is 6.87. The first-order valence-electron chi connectivity index (χ1n) is 8.74. The van der Waals surface area contributed by atoms with Crippen LogP contribution in [0.1, 0.15) is 34.0 Å². The number of amides is 2. The van der Waals surface area contributed by atoms with Crippen molar-refractivity contribution in [3.8, 4) is 5.75 Å². The first-order valence-corrected chi connectivity index (χ1v) is 11.0. The predicted molar refractivity (Wildman–Crippen MR) is 111 cm³/mol. The number of hydrogen-bond acceptors (Lipinski definition) is 5. The van der Waals surface area contributed by atoms with E-state index in [2.05, 4.69) is 10.9 Å². The Hall–Kier alpha value is -2.58. The number of nitrogens with one attached hydrogen (secondary N) is 2. The van der Waals surface area contributed by atoms with Crippen LogP contribution in [0.5, 0.6) is 5.75 Å². The van der Waals surface area contributed by atoms with Crippen LogP contribution in [0.15, 0.2) is 35.2 Å². The molecule has 0 aromatic heterocycles. The van der Waals surface area contributed by atoms with Crippen LogP contribution < -0.4 is 15.6 Å². The van der Waals surface area contributed by atoms with E-state index in [0.717, 1.165) is 17.4 Å². The highest BCUT2D eigenvalue weighted by Crippen LogP contribution is 2.27. The molecule has 156 valence electrons. The lowest BCUT2D eigenvalue weighted by atomic mass is 10.1. The standard InChI is InChI=1S/C20H23ClN2O5S/c1-11-6-7-16(29(5,26)27)10-17(11)20(25)23-22-19(24)14(4)28-18-12(2)8-15(21)9-13(18)3/h6-10,14H,1-5H3,(H,22,24)(H,23,25)/t14-/m0/s1. The quantitative estimate of drug-likeness (QED) is 0.699. The van der Waals surface area contributed by atoms with Gasteiger partial charge in [0.15, 0.2) is 15.9 Å². The van der Waals surface area contributed by atoms with Crippen molar-refractivity contribution in [1.29, 1.82) is 0 Å². The van der Waals surface area contributed by atoms with Crippen LogP contribution in [0.25, 0.3) is 0 Å². The fraction of sp³-hybridized carbons (Fsp3) is 0.300. The Kier molecular flexibility index (Phi) is 6.92.